The van der Waals surface area contributed by atoms with Gasteiger partial charge in [-0.3, -0.25) is 9.59 Å². The Morgan fingerprint density at radius 1 is 0.885 bits per heavy atom. The molecular formula is C21H18BrNO2S. The Hall–Kier alpha value is -2.24. The fraction of sp³-hybridized carbons (Fsp3) is 0.143. The van der Waals surface area contributed by atoms with Gasteiger partial charge in [0.15, 0.2) is 5.78 Å². The van der Waals surface area contributed by atoms with Gasteiger partial charge in [-0.15, -0.1) is 11.3 Å². The van der Waals surface area contributed by atoms with Crippen LogP contribution in [-0.2, 0) is 0 Å². The van der Waals surface area contributed by atoms with Crippen LogP contribution in [0, 0.1) is 20.8 Å². The molecule has 0 unspecified atom stereocenters. The van der Waals surface area contributed by atoms with E-state index in [1.807, 2.05) is 45.0 Å². The van der Waals surface area contributed by atoms with Gasteiger partial charge >= 0.3 is 0 Å². The zero-order valence-corrected chi connectivity index (χ0v) is 17.1. The molecule has 2 aromatic carbocycles. The first-order chi connectivity index (χ1) is 12.4. The van der Waals surface area contributed by atoms with Gasteiger partial charge in [0.2, 0.25) is 0 Å². The quantitative estimate of drug-likeness (QED) is 0.525. The van der Waals surface area contributed by atoms with Crippen molar-refractivity contribution in [2.45, 2.75) is 20.8 Å². The molecule has 0 aliphatic carbocycles. The predicted octanol–water partition coefficient (Wildman–Crippen LogP) is 5.92. The average molecular weight is 428 g/mol. The van der Waals surface area contributed by atoms with Gasteiger partial charge in [-0.1, -0.05) is 33.6 Å². The lowest BCUT2D eigenvalue weighted by molar-refractivity contribution is 0.102. The molecule has 1 N–H and O–H groups in total. The summed E-state index contributed by atoms with van der Waals surface area (Å²) < 4.78 is 0.917. The van der Waals surface area contributed by atoms with Crippen LogP contribution < -0.4 is 5.32 Å². The molecule has 0 aliphatic rings. The molecule has 0 aliphatic heterocycles. The number of halogens is 1. The summed E-state index contributed by atoms with van der Waals surface area (Å²) in [6, 6.07) is 14.6. The van der Waals surface area contributed by atoms with E-state index in [-0.39, 0.29) is 11.7 Å². The third-order valence-electron chi connectivity index (χ3n) is 4.26. The number of hydrogen-bond donors (Lipinski definition) is 1. The van der Waals surface area contributed by atoms with Crippen LogP contribution in [0.5, 0.6) is 0 Å². The van der Waals surface area contributed by atoms with Crippen LogP contribution in [0.15, 0.2) is 53.0 Å². The molecule has 3 nitrogen and oxygen atoms in total. The minimum Gasteiger partial charge on any atom is -0.313 e. The normalized spacial score (nSPS) is 10.6. The smallest absolute Gasteiger partial charge is 0.256 e. The van der Waals surface area contributed by atoms with Gasteiger partial charge in [0.25, 0.3) is 5.91 Å². The molecule has 3 rings (SSSR count). The molecule has 26 heavy (non-hydrogen) atoms. The summed E-state index contributed by atoms with van der Waals surface area (Å²) in [6.07, 6.45) is 0. The highest BCUT2D eigenvalue weighted by Crippen LogP contribution is 2.34. The van der Waals surface area contributed by atoms with Crippen molar-refractivity contribution in [3.63, 3.8) is 0 Å². The van der Waals surface area contributed by atoms with Gasteiger partial charge < -0.3 is 5.32 Å². The Morgan fingerprint density at radius 2 is 1.46 bits per heavy atom. The van der Waals surface area contributed by atoms with Crippen molar-refractivity contribution in [1.29, 1.82) is 0 Å². The number of ketones is 1. The van der Waals surface area contributed by atoms with Crippen molar-refractivity contribution in [1.82, 2.24) is 0 Å². The van der Waals surface area contributed by atoms with Crippen LogP contribution >= 0.6 is 27.3 Å². The predicted molar refractivity (Wildman–Crippen MR) is 110 cm³/mol. The zero-order valence-electron chi connectivity index (χ0n) is 14.7. The SMILES string of the molecule is Cc1ccc(C(=O)Nc2sc(C)c(C)c2C(=O)c2ccc(Br)cc2)cc1. The number of carbonyl (C=O) groups is 2. The summed E-state index contributed by atoms with van der Waals surface area (Å²) in [5.41, 5.74) is 3.73. The minimum absolute atomic E-state index is 0.0847. The number of carbonyl (C=O) groups excluding carboxylic acids is 2. The van der Waals surface area contributed by atoms with Gasteiger partial charge in [-0.05, 0) is 62.7 Å². The fourth-order valence-electron chi connectivity index (χ4n) is 2.61. The molecule has 0 saturated heterocycles. The van der Waals surface area contributed by atoms with E-state index in [0.29, 0.717) is 21.7 Å². The largest absolute Gasteiger partial charge is 0.313 e. The maximum Gasteiger partial charge on any atom is 0.256 e. The molecule has 0 bridgehead atoms. The summed E-state index contributed by atoms with van der Waals surface area (Å²) in [5.74, 6) is -0.297. The molecule has 1 heterocycles. The van der Waals surface area contributed by atoms with Crippen molar-refractivity contribution in [2.75, 3.05) is 5.32 Å². The van der Waals surface area contributed by atoms with E-state index in [4.69, 9.17) is 0 Å². The van der Waals surface area contributed by atoms with Crippen LogP contribution in [-0.4, -0.2) is 11.7 Å². The highest BCUT2D eigenvalue weighted by molar-refractivity contribution is 9.10. The number of rotatable bonds is 4. The van der Waals surface area contributed by atoms with Gasteiger partial charge in [-0.25, -0.2) is 0 Å². The van der Waals surface area contributed by atoms with Crippen LogP contribution in [0.3, 0.4) is 0 Å². The molecule has 132 valence electrons. The minimum atomic E-state index is -0.212. The Kier molecular flexibility index (Phi) is 5.39. The number of benzene rings is 2. The lowest BCUT2D eigenvalue weighted by Crippen LogP contribution is -2.14. The molecule has 0 atom stereocenters. The highest BCUT2D eigenvalue weighted by Gasteiger charge is 2.22. The highest BCUT2D eigenvalue weighted by atomic mass is 79.9. The van der Waals surface area contributed by atoms with E-state index in [1.54, 1.807) is 24.3 Å². The van der Waals surface area contributed by atoms with Crippen LogP contribution in [0.4, 0.5) is 5.00 Å². The van der Waals surface area contributed by atoms with Gasteiger partial charge in [-0.2, -0.15) is 0 Å². The first-order valence-corrected chi connectivity index (χ1v) is 9.76. The topological polar surface area (TPSA) is 46.2 Å². The Balaban J connectivity index is 1.94. The lowest BCUT2D eigenvalue weighted by atomic mass is 10.0. The number of nitrogens with one attached hydrogen (secondary N) is 1. The second kappa shape index (κ2) is 7.56. The van der Waals surface area contributed by atoms with E-state index >= 15 is 0 Å². The van der Waals surface area contributed by atoms with Crippen LogP contribution in [0.2, 0.25) is 0 Å². The second-order valence-electron chi connectivity index (χ2n) is 6.14. The zero-order chi connectivity index (χ0) is 18.8. The number of aryl methyl sites for hydroxylation is 2. The average Bonchev–Trinajstić information content (AvgIpc) is 2.89. The number of amides is 1. The van der Waals surface area contributed by atoms with Crippen LogP contribution in [0.1, 0.15) is 42.3 Å². The molecule has 0 spiro atoms. The van der Waals surface area contributed by atoms with E-state index in [1.165, 1.54) is 11.3 Å². The van der Waals surface area contributed by atoms with Crippen LogP contribution in [0.25, 0.3) is 0 Å². The molecule has 0 saturated carbocycles. The molecule has 0 fully saturated rings. The number of anilines is 1. The van der Waals surface area contributed by atoms with E-state index < -0.39 is 0 Å². The molecule has 1 amide bonds. The van der Waals surface area contributed by atoms with Crippen molar-refractivity contribution in [2.24, 2.45) is 0 Å². The lowest BCUT2D eigenvalue weighted by Gasteiger charge is -2.08. The van der Waals surface area contributed by atoms with Crippen molar-refractivity contribution >= 4 is 44.0 Å². The summed E-state index contributed by atoms with van der Waals surface area (Å²) in [6.45, 7) is 5.85. The summed E-state index contributed by atoms with van der Waals surface area (Å²) in [5, 5.41) is 3.52. The summed E-state index contributed by atoms with van der Waals surface area (Å²) in [4.78, 5) is 26.6. The van der Waals surface area contributed by atoms with E-state index in [0.717, 1.165) is 20.5 Å². The van der Waals surface area contributed by atoms with Crippen molar-refractivity contribution in [3.8, 4) is 0 Å². The Bertz CT molecular complexity index is 972. The van der Waals surface area contributed by atoms with Gasteiger partial charge in [0.1, 0.15) is 5.00 Å². The third kappa shape index (κ3) is 3.79. The van der Waals surface area contributed by atoms with E-state index in [9.17, 15) is 9.59 Å². The Labute approximate surface area is 165 Å². The molecule has 0 radical (unpaired) electrons. The first kappa shape index (κ1) is 18.5. The molecular weight excluding hydrogens is 410 g/mol. The Morgan fingerprint density at radius 3 is 2.08 bits per heavy atom. The molecule has 3 aromatic rings. The third-order valence-corrected chi connectivity index (χ3v) is 5.91. The number of hydrogen-bond acceptors (Lipinski definition) is 3. The number of thiophene rings is 1. The van der Waals surface area contributed by atoms with E-state index in [2.05, 4.69) is 21.2 Å². The van der Waals surface area contributed by atoms with Crippen molar-refractivity contribution < 1.29 is 9.59 Å². The monoisotopic (exact) mass is 427 g/mol. The van der Waals surface area contributed by atoms with Crippen molar-refractivity contribution in [3.05, 3.63) is 85.7 Å². The second-order valence-corrected chi connectivity index (χ2v) is 8.28. The summed E-state index contributed by atoms with van der Waals surface area (Å²) in [7, 11) is 0. The first-order valence-electron chi connectivity index (χ1n) is 8.15. The molecule has 5 heteroatoms. The van der Waals surface area contributed by atoms with Gasteiger partial charge in [0.05, 0.1) is 5.56 Å². The maximum atomic E-state index is 13.0. The maximum absolute atomic E-state index is 13.0. The standard InChI is InChI=1S/C21H18BrNO2S/c1-12-4-6-16(7-5-12)20(25)23-21-18(13(2)14(3)26-21)19(24)15-8-10-17(22)11-9-15/h4-11H,1-3H3,(H,23,25). The molecule has 1 aromatic heterocycles. The summed E-state index contributed by atoms with van der Waals surface area (Å²) >= 11 is 4.81. The van der Waals surface area contributed by atoms with Gasteiger partial charge in [0, 0.05) is 20.5 Å². The fourth-order valence-corrected chi connectivity index (χ4v) is 3.93.